The molecule has 0 radical (unpaired) electrons. The molecule has 19 heavy (non-hydrogen) atoms. The van der Waals surface area contributed by atoms with Crippen molar-refractivity contribution in [3.63, 3.8) is 0 Å². The summed E-state index contributed by atoms with van der Waals surface area (Å²) in [5, 5.41) is 28.8. The van der Waals surface area contributed by atoms with Gasteiger partial charge in [0.1, 0.15) is 23.8 Å². The molecule has 8 heteroatoms. The number of nitrogens with two attached hydrogens (primary N) is 1. The van der Waals surface area contributed by atoms with Gasteiger partial charge in [0.05, 0.1) is 18.5 Å². The molecule has 3 heterocycles. The van der Waals surface area contributed by atoms with E-state index < -0.39 is 24.5 Å². The first kappa shape index (κ1) is 12.3. The highest BCUT2D eigenvalue weighted by atomic mass is 16.6. The average Bonchev–Trinajstić information content (AvgIpc) is 2.94. The largest absolute Gasteiger partial charge is 0.394 e. The van der Waals surface area contributed by atoms with E-state index >= 15 is 0 Å². The van der Waals surface area contributed by atoms with Crippen molar-refractivity contribution in [3.05, 3.63) is 18.6 Å². The van der Waals surface area contributed by atoms with E-state index in [1.165, 1.54) is 12.5 Å². The molecular weight excluding hydrogens is 252 g/mol. The van der Waals surface area contributed by atoms with Crippen LogP contribution in [0.5, 0.6) is 0 Å². The number of nitrogens with zero attached hydrogens (tertiary/aromatic N) is 3. The predicted molar refractivity (Wildman–Crippen MR) is 64.9 cm³/mol. The number of rotatable bonds is 2. The minimum Gasteiger partial charge on any atom is -0.394 e. The molecule has 3 rings (SSSR count). The molecule has 8 nitrogen and oxygen atoms in total. The monoisotopic (exact) mass is 266 g/mol. The Morgan fingerprint density at radius 1 is 1.32 bits per heavy atom. The Kier molecular flexibility index (Phi) is 2.86. The van der Waals surface area contributed by atoms with Gasteiger partial charge in [-0.2, -0.15) is 0 Å². The number of aliphatic hydroxyl groups excluding tert-OH is 3. The highest BCUT2D eigenvalue weighted by molar-refractivity contribution is 5.84. The zero-order chi connectivity index (χ0) is 13.6. The Hall–Kier alpha value is -1.74. The molecular formula is C11H14N4O4. The second kappa shape index (κ2) is 4.42. The van der Waals surface area contributed by atoms with Gasteiger partial charge in [0.15, 0.2) is 12.0 Å². The molecule has 5 N–H and O–H groups in total. The maximum absolute atomic E-state index is 9.98. The number of aromatic nitrogens is 3. The number of aliphatic hydroxyl groups is 3. The van der Waals surface area contributed by atoms with Crippen molar-refractivity contribution < 1.29 is 20.1 Å². The van der Waals surface area contributed by atoms with Gasteiger partial charge in [-0.25, -0.2) is 9.97 Å². The smallest absolute Gasteiger partial charge is 0.164 e. The third-order valence-electron chi connectivity index (χ3n) is 3.31. The third kappa shape index (κ3) is 1.77. The summed E-state index contributed by atoms with van der Waals surface area (Å²) in [6.45, 7) is -0.370. The van der Waals surface area contributed by atoms with Gasteiger partial charge in [-0.05, 0) is 6.07 Å². The van der Waals surface area contributed by atoms with Crippen molar-refractivity contribution in [3.8, 4) is 0 Å². The fourth-order valence-corrected chi connectivity index (χ4v) is 2.29. The summed E-state index contributed by atoms with van der Waals surface area (Å²) >= 11 is 0. The summed E-state index contributed by atoms with van der Waals surface area (Å²) in [5.41, 5.74) is 6.85. The summed E-state index contributed by atoms with van der Waals surface area (Å²) in [7, 11) is 0. The summed E-state index contributed by atoms with van der Waals surface area (Å²) < 4.78 is 7.01. The van der Waals surface area contributed by atoms with Crippen LogP contribution in [0.15, 0.2) is 18.6 Å². The van der Waals surface area contributed by atoms with Crippen LogP contribution in [0.3, 0.4) is 0 Å². The molecule has 1 saturated heterocycles. The standard InChI is InChI=1S/C11H14N4O4/c12-10-7-5(1-2-13-10)15(4-14-7)11-9(18)8(17)6(3-16)19-11/h1-2,4,6,8-9,11,16-18H,3H2,(H2,12,13)/t6-,8?,9+,11-/m1/s1. The number of hydrogen-bond donors (Lipinski definition) is 4. The zero-order valence-corrected chi connectivity index (χ0v) is 9.92. The van der Waals surface area contributed by atoms with Crippen molar-refractivity contribution >= 4 is 16.9 Å². The van der Waals surface area contributed by atoms with E-state index in [-0.39, 0.29) is 12.4 Å². The van der Waals surface area contributed by atoms with E-state index in [4.69, 9.17) is 15.6 Å². The zero-order valence-electron chi connectivity index (χ0n) is 9.92. The molecule has 1 fully saturated rings. The Labute approximate surface area is 108 Å². The first-order valence-corrected chi connectivity index (χ1v) is 5.83. The Morgan fingerprint density at radius 2 is 2.11 bits per heavy atom. The van der Waals surface area contributed by atoms with Gasteiger partial charge in [-0.15, -0.1) is 0 Å². The highest BCUT2D eigenvalue weighted by Gasteiger charge is 2.43. The second-order valence-electron chi connectivity index (χ2n) is 4.44. The van der Waals surface area contributed by atoms with E-state index in [1.807, 2.05) is 0 Å². The van der Waals surface area contributed by atoms with Gasteiger partial charge >= 0.3 is 0 Å². The van der Waals surface area contributed by atoms with Crippen LogP contribution < -0.4 is 5.73 Å². The van der Waals surface area contributed by atoms with Gasteiger partial charge < -0.3 is 30.4 Å². The van der Waals surface area contributed by atoms with Crippen molar-refractivity contribution in [1.82, 2.24) is 14.5 Å². The number of pyridine rings is 1. The molecule has 0 spiro atoms. The third-order valence-corrected chi connectivity index (χ3v) is 3.31. The molecule has 0 aliphatic carbocycles. The SMILES string of the molecule is Nc1nccc2c1ncn2[C@@H]1O[C@H](CO)C(O)[C@@H]1O. The molecule has 0 bridgehead atoms. The Morgan fingerprint density at radius 3 is 2.79 bits per heavy atom. The molecule has 1 unspecified atom stereocenters. The lowest BCUT2D eigenvalue weighted by atomic mass is 10.1. The van der Waals surface area contributed by atoms with E-state index in [1.54, 1.807) is 10.6 Å². The number of imidazole rings is 1. The van der Waals surface area contributed by atoms with Crippen molar-refractivity contribution in [2.45, 2.75) is 24.5 Å². The minimum atomic E-state index is -1.15. The average molecular weight is 266 g/mol. The first-order chi connectivity index (χ1) is 9.13. The molecule has 0 saturated carbocycles. The lowest BCUT2D eigenvalue weighted by molar-refractivity contribution is -0.0508. The Bertz CT molecular complexity index is 601. The molecule has 1 aliphatic rings. The normalized spacial score (nSPS) is 31.1. The predicted octanol–water partition coefficient (Wildman–Crippen LogP) is -1.38. The van der Waals surface area contributed by atoms with Crippen LogP contribution in [-0.2, 0) is 4.74 Å². The maximum atomic E-state index is 9.98. The van der Waals surface area contributed by atoms with Crippen LogP contribution >= 0.6 is 0 Å². The molecule has 102 valence electrons. The summed E-state index contributed by atoms with van der Waals surface area (Å²) in [6.07, 6.45) is -0.952. The van der Waals surface area contributed by atoms with E-state index in [2.05, 4.69) is 9.97 Å². The molecule has 2 aromatic rings. The van der Waals surface area contributed by atoms with Gasteiger partial charge in [0, 0.05) is 6.20 Å². The van der Waals surface area contributed by atoms with E-state index in [0.29, 0.717) is 11.0 Å². The second-order valence-corrected chi connectivity index (χ2v) is 4.44. The van der Waals surface area contributed by atoms with Gasteiger partial charge in [0.2, 0.25) is 0 Å². The molecule has 4 atom stereocenters. The molecule has 0 aromatic carbocycles. The van der Waals surface area contributed by atoms with Crippen LogP contribution in [0.2, 0.25) is 0 Å². The summed E-state index contributed by atoms with van der Waals surface area (Å²) in [4.78, 5) is 8.03. The van der Waals surface area contributed by atoms with Crippen LogP contribution in [0.25, 0.3) is 11.0 Å². The van der Waals surface area contributed by atoms with Crippen molar-refractivity contribution in [2.24, 2.45) is 0 Å². The van der Waals surface area contributed by atoms with Gasteiger partial charge in [-0.3, -0.25) is 0 Å². The van der Waals surface area contributed by atoms with Crippen LogP contribution in [-0.4, -0.2) is 54.8 Å². The number of anilines is 1. The summed E-state index contributed by atoms with van der Waals surface area (Å²) in [5.74, 6) is 0.281. The molecule has 1 aliphatic heterocycles. The highest BCUT2D eigenvalue weighted by Crippen LogP contribution is 2.32. The maximum Gasteiger partial charge on any atom is 0.164 e. The van der Waals surface area contributed by atoms with Crippen molar-refractivity contribution in [1.29, 1.82) is 0 Å². The van der Waals surface area contributed by atoms with Crippen LogP contribution in [0, 0.1) is 0 Å². The van der Waals surface area contributed by atoms with Crippen molar-refractivity contribution in [2.75, 3.05) is 12.3 Å². The fraction of sp³-hybridized carbons (Fsp3) is 0.455. The number of fused-ring (bicyclic) bond motifs is 1. The number of ether oxygens (including phenoxy) is 1. The molecule has 0 amide bonds. The van der Waals surface area contributed by atoms with E-state index in [9.17, 15) is 10.2 Å². The van der Waals surface area contributed by atoms with Gasteiger partial charge in [0.25, 0.3) is 0 Å². The number of hydrogen-bond acceptors (Lipinski definition) is 7. The quantitative estimate of drug-likeness (QED) is 0.528. The Balaban J connectivity index is 2.04. The fourth-order valence-electron chi connectivity index (χ4n) is 2.29. The van der Waals surface area contributed by atoms with Crippen LogP contribution in [0.4, 0.5) is 5.82 Å². The summed E-state index contributed by atoms with van der Waals surface area (Å²) in [6, 6.07) is 1.69. The lowest BCUT2D eigenvalue weighted by Gasteiger charge is -2.16. The number of nitrogen functional groups attached to an aromatic ring is 1. The first-order valence-electron chi connectivity index (χ1n) is 5.83. The van der Waals surface area contributed by atoms with Gasteiger partial charge in [-0.1, -0.05) is 0 Å². The van der Waals surface area contributed by atoms with E-state index in [0.717, 1.165) is 0 Å². The van der Waals surface area contributed by atoms with Crippen LogP contribution in [0.1, 0.15) is 6.23 Å². The molecule has 2 aromatic heterocycles. The topological polar surface area (TPSA) is 127 Å². The lowest BCUT2D eigenvalue weighted by Crippen LogP contribution is -2.33. The minimum absolute atomic E-state index is 0.281.